The van der Waals surface area contributed by atoms with E-state index in [1.54, 1.807) is 6.07 Å². The average Bonchev–Trinajstić information content (AvgIpc) is 2.41. The van der Waals surface area contributed by atoms with Crippen LogP contribution < -0.4 is 15.4 Å². The second-order valence-corrected chi connectivity index (χ2v) is 3.35. The Kier molecular flexibility index (Phi) is 2.76. The van der Waals surface area contributed by atoms with Crippen LogP contribution in [-0.4, -0.2) is 25.6 Å². The van der Waals surface area contributed by atoms with Crippen LogP contribution in [0.2, 0.25) is 0 Å². The third-order valence-corrected chi connectivity index (χ3v) is 2.25. The van der Waals surface area contributed by atoms with Crippen LogP contribution in [-0.2, 0) is 0 Å². The highest BCUT2D eigenvalue weighted by Gasteiger charge is 2.15. The Bertz CT molecular complexity index is 377. The van der Waals surface area contributed by atoms with Crippen LogP contribution in [0, 0.1) is 0 Å². The van der Waals surface area contributed by atoms with Crippen LogP contribution in [0.15, 0.2) is 18.2 Å². The molecule has 1 aliphatic rings. The van der Waals surface area contributed by atoms with Crippen molar-refractivity contribution >= 4 is 11.6 Å². The summed E-state index contributed by atoms with van der Waals surface area (Å²) in [7, 11) is 0. The lowest BCUT2D eigenvalue weighted by Crippen LogP contribution is -2.24. The molecule has 0 bridgehead atoms. The molecule has 1 aromatic rings. The summed E-state index contributed by atoms with van der Waals surface area (Å²) < 4.78 is 5.48. The van der Waals surface area contributed by atoms with Crippen molar-refractivity contribution in [1.29, 1.82) is 0 Å². The van der Waals surface area contributed by atoms with Crippen molar-refractivity contribution in [3.05, 3.63) is 23.8 Å². The molecular weight excluding hydrogens is 192 g/mol. The maximum Gasteiger partial charge on any atom is 0.255 e. The minimum atomic E-state index is -0.0643. The third-order valence-electron chi connectivity index (χ3n) is 2.25. The second kappa shape index (κ2) is 4.21. The number of fused-ring (bicyclic) bond motifs is 1. The number of carbonyl (C=O) groups is 1. The molecule has 0 saturated heterocycles. The smallest absolute Gasteiger partial charge is 0.255 e. The molecule has 80 valence electrons. The number of nitrogens with one attached hydrogen (secondary N) is 2. The fourth-order valence-electron chi connectivity index (χ4n) is 1.56. The molecule has 1 heterocycles. The van der Waals surface area contributed by atoms with E-state index in [2.05, 4.69) is 10.6 Å². The normalized spacial score (nSPS) is 14.6. The summed E-state index contributed by atoms with van der Waals surface area (Å²) in [5, 5.41) is 5.95. The lowest BCUT2D eigenvalue weighted by molar-refractivity contribution is 0.0957. The lowest BCUT2D eigenvalue weighted by Gasteiger charge is -2.08. The third kappa shape index (κ3) is 2.03. The van der Waals surface area contributed by atoms with Crippen molar-refractivity contribution in [2.24, 2.45) is 0 Å². The van der Waals surface area contributed by atoms with Crippen molar-refractivity contribution < 1.29 is 9.53 Å². The summed E-state index contributed by atoms with van der Waals surface area (Å²) in [5.41, 5.74) is 1.58. The first-order valence-corrected chi connectivity index (χ1v) is 5.10. The molecule has 1 aromatic carbocycles. The van der Waals surface area contributed by atoms with Crippen LogP contribution in [0.4, 0.5) is 5.69 Å². The van der Waals surface area contributed by atoms with Gasteiger partial charge in [-0.1, -0.05) is 0 Å². The van der Waals surface area contributed by atoms with Gasteiger partial charge in [-0.2, -0.15) is 0 Å². The zero-order chi connectivity index (χ0) is 10.7. The van der Waals surface area contributed by atoms with Gasteiger partial charge in [-0.05, 0) is 19.1 Å². The zero-order valence-electron chi connectivity index (χ0n) is 8.67. The number of benzene rings is 1. The molecule has 4 heteroatoms. The van der Waals surface area contributed by atoms with E-state index in [1.165, 1.54) is 0 Å². The number of ether oxygens (including phenoxy) is 1. The fourth-order valence-corrected chi connectivity index (χ4v) is 1.56. The lowest BCUT2D eigenvalue weighted by atomic mass is 10.1. The van der Waals surface area contributed by atoms with E-state index < -0.39 is 0 Å². The van der Waals surface area contributed by atoms with Gasteiger partial charge in [-0.15, -0.1) is 0 Å². The number of anilines is 1. The molecule has 0 aromatic heterocycles. The molecular formula is C11H14N2O2. The number of hydrogen-bond acceptors (Lipinski definition) is 3. The standard InChI is InChI=1S/C11H14N2O2/c1-2-12-8-3-4-9-10(7-8)15-6-5-13-11(9)14/h3-4,7,12H,2,5-6H2,1H3,(H,13,14). The Morgan fingerprint density at radius 3 is 3.20 bits per heavy atom. The van der Waals surface area contributed by atoms with Gasteiger partial charge >= 0.3 is 0 Å². The van der Waals surface area contributed by atoms with Gasteiger partial charge in [0.2, 0.25) is 0 Å². The molecule has 0 radical (unpaired) electrons. The number of rotatable bonds is 2. The maximum atomic E-state index is 11.6. The molecule has 0 atom stereocenters. The van der Waals surface area contributed by atoms with Gasteiger partial charge in [0.05, 0.1) is 12.1 Å². The van der Waals surface area contributed by atoms with E-state index in [9.17, 15) is 4.79 Å². The monoisotopic (exact) mass is 206 g/mol. The first-order chi connectivity index (χ1) is 7.31. The van der Waals surface area contributed by atoms with E-state index in [0.717, 1.165) is 12.2 Å². The van der Waals surface area contributed by atoms with Crippen LogP contribution in [0.3, 0.4) is 0 Å². The molecule has 0 fully saturated rings. The molecule has 0 spiro atoms. The molecule has 0 saturated carbocycles. The number of amides is 1. The van der Waals surface area contributed by atoms with E-state index in [-0.39, 0.29) is 5.91 Å². The summed E-state index contributed by atoms with van der Waals surface area (Å²) >= 11 is 0. The van der Waals surface area contributed by atoms with Gasteiger partial charge < -0.3 is 15.4 Å². The Hall–Kier alpha value is -1.71. The highest BCUT2D eigenvalue weighted by Crippen LogP contribution is 2.24. The number of carbonyl (C=O) groups excluding carboxylic acids is 1. The highest BCUT2D eigenvalue weighted by atomic mass is 16.5. The maximum absolute atomic E-state index is 11.6. The van der Waals surface area contributed by atoms with Crippen molar-refractivity contribution in [3.8, 4) is 5.75 Å². The summed E-state index contributed by atoms with van der Waals surface area (Å²) in [6.45, 7) is 3.96. The van der Waals surface area contributed by atoms with Gasteiger partial charge in [0, 0.05) is 18.3 Å². The Balaban J connectivity index is 2.33. The van der Waals surface area contributed by atoms with Crippen molar-refractivity contribution in [2.75, 3.05) is 25.0 Å². The molecule has 15 heavy (non-hydrogen) atoms. The molecule has 0 aliphatic carbocycles. The molecule has 0 unspecified atom stereocenters. The van der Waals surface area contributed by atoms with E-state index >= 15 is 0 Å². The van der Waals surface area contributed by atoms with Crippen LogP contribution in [0.5, 0.6) is 5.75 Å². The van der Waals surface area contributed by atoms with Crippen molar-refractivity contribution in [1.82, 2.24) is 5.32 Å². The predicted molar refractivity (Wildman–Crippen MR) is 58.4 cm³/mol. The average molecular weight is 206 g/mol. The minimum Gasteiger partial charge on any atom is -0.491 e. The SMILES string of the molecule is CCNc1ccc2c(c1)OCCNC2=O. The Morgan fingerprint density at radius 2 is 2.40 bits per heavy atom. The highest BCUT2D eigenvalue weighted by molar-refractivity contribution is 5.97. The van der Waals surface area contributed by atoms with Crippen molar-refractivity contribution in [3.63, 3.8) is 0 Å². The van der Waals surface area contributed by atoms with E-state index in [0.29, 0.717) is 24.5 Å². The molecule has 4 nitrogen and oxygen atoms in total. The first-order valence-electron chi connectivity index (χ1n) is 5.10. The van der Waals surface area contributed by atoms with Gasteiger partial charge in [-0.3, -0.25) is 4.79 Å². The Labute approximate surface area is 88.6 Å². The second-order valence-electron chi connectivity index (χ2n) is 3.35. The van der Waals surface area contributed by atoms with Gasteiger partial charge in [0.15, 0.2) is 0 Å². The number of hydrogen-bond donors (Lipinski definition) is 2. The molecule has 2 rings (SSSR count). The fraction of sp³-hybridized carbons (Fsp3) is 0.364. The van der Waals surface area contributed by atoms with Crippen LogP contribution in [0.1, 0.15) is 17.3 Å². The quantitative estimate of drug-likeness (QED) is 0.765. The van der Waals surface area contributed by atoms with Gasteiger partial charge in [-0.25, -0.2) is 0 Å². The first kappa shape index (κ1) is 9.83. The van der Waals surface area contributed by atoms with E-state index in [1.807, 2.05) is 19.1 Å². The Morgan fingerprint density at radius 1 is 1.53 bits per heavy atom. The van der Waals surface area contributed by atoms with Gasteiger partial charge in [0.1, 0.15) is 12.4 Å². The summed E-state index contributed by atoms with van der Waals surface area (Å²) in [6, 6.07) is 5.54. The van der Waals surface area contributed by atoms with Crippen molar-refractivity contribution in [2.45, 2.75) is 6.92 Å². The predicted octanol–water partition coefficient (Wildman–Crippen LogP) is 1.24. The zero-order valence-corrected chi connectivity index (χ0v) is 8.67. The van der Waals surface area contributed by atoms with Gasteiger partial charge in [0.25, 0.3) is 5.91 Å². The van der Waals surface area contributed by atoms with E-state index in [4.69, 9.17) is 4.74 Å². The minimum absolute atomic E-state index is 0.0643. The largest absolute Gasteiger partial charge is 0.491 e. The molecule has 2 N–H and O–H groups in total. The molecule has 1 amide bonds. The van der Waals surface area contributed by atoms with Crippen LogP contribution in [0.25, 0.3) is 0 Å². The topological polar surface area (TPSA) is 50.4 Å². The van der Waals surface area contributed by atoms with Crippen LogP contribution >= 0.6 is 0 Å². The summed E-state index contributed by atoms with van der Waals surface area (Å²) in [4.78, 5) is 11.6. The summed E-state index contributed by atoms with van der Waals surface area (Å²) in [5.74, 6) is 0.592. The summed E-state index contributed by atoms with van der Waals surface area (Å²) in [6.07, 6.45) is 0. The molecule has 1 aliphatic heterocycles.